The number of hydrogen-bond acceptors (Lipinski definition) is 5. The van der Waals surface area contributed by atoms with Crippen LogP contribution in [0.15, 0.2) is 78.3 Å². The zero-order valence-corrected chi connectivity index (χ0v) is 23.1. The Balaban J connectivity index is 1.09. The number of thiophene rings is 1. The maximum absolute atomic E-state index is 4.91. The summed E-state index contributed by atoms with van der Waals surface area (Å²) in [6.07, 6.45) is 9.14. The molecule has 7 rings (SSSR count). The van der Waals surface area contributed by atoms with Crippen LogP contribution in [0.5, 0.6) is 0 Å². The van der Waals surface area contributed by atoms with Gasteiger partial charge in [-0.3, -0.25) is 9.88 Å². The highest BCUT2D eigenvalue weighted by Crippen LogP contribution is 2.35. The first-order valence-corrected chi connectivity index (χ1v) is 15.2. The Morgan fingerprint density at radius 1 is 0.897 bits per heavy atom. The Hall–Kier alpha value is -3.32. The first-order chi connectivity index (χ1) is 19.3. The van der Waals surface area contributed by atoms with E-state index in [0.717, 1.165) is 49.3 Å². The Morgan fingerprint density at radius 3 is 2.69 bits per heavy atom. The summed E-state index contributed by atoms with van der Waals surface area (Å²) in [5.41, 5.74) is 8.94. The van der Waals surface area contributed by atoms with E-state index in [2.05, 4.69) is 87.3 Å². The average molecular weight is 534 g/mol. The molecular weight excluding hydrogens is 498 g/mol. The van der Waals surface area contributed by atoms with Crippen molar-refractivity contribution in [2.75, 3.05) is 0 Å². The van der Waals surface area contributed by atoms with Gasteiger partial charge in [0.1, 0.15) is 5.82 Å². The van der Waals surface area contributed by atoms with E-state index in [9.17, 15) is 0 Å². The summed E-state index contributed by atoms with van der Waals surface area (Å²) in [4.78, 5) is 17.5. The molecule has 0 saturated carbocycles. The molecule has 0 fully saturated rings. The number of aromatic nitrogens is 3. The van der Waals surface area contributed by atoms with E-state index < -0.39 is 0 Å². The van der Waals surface area contributed by atoms with Crippen molar-refractivity contribution >= 4 is 22.4 Å². The highest BCUT2D eigenvalue weighted by Gasteiger charge is 2.28. The summed E-state index contributed by atoms with van der Waals surface area (Å²) in [6.45, 7) is 2.54. The van der Waals surface area contributed by atoms with Gasteiger partial charge in [0, 0.05) is 30.2 Å². The van der Waals surface area contributed by atoms with Crippen molar-refractivity contribution in [2.45, 2.75) is 70.2 Å². The van der Waals surface area contributed by atoms with Crippen molar-refractivity contribution in [3.8, 4) is 0 Å². The molecule has 2 aromatic carbocycles. The molecule has 2 N–H and O–H groups in total. The second-order valence-electron chi connectivity index (χ2n) is 11.0. The van der Waals surface area contributed by atoms with Crippen molar-refractivity contribution < 1.29 is 0 Å². The number of H-pyrrole nitrogens is 1. The minimum atomic E-state index is 0.288. The van der Waals surface area contributed by atoms with Crippen LogP contribution in [-0.4, -0.2) is 19.9 Å². The molecule has 2 aliphatic rings. The summed E-state index contributed by atoms with van der Waals surface area (Å²) in [5, 5.41) is 6.07. The lowest BCUT2D eigenvalue weighted by molar-refractivity contribution is 0.153. The number of rotatable bonds is 8. The number of hydrogen-bond donors (Lipinski definition) is 2. The zero-order chi connectivity index (χ0) is 26.0. The van der Waals surface area contributed by atoms with Crippen molar-refractivity contribution in [2.24, 2.45) is 0 Å². The third-order valence-electron chi connectivity index (χ3n) is 8.41. The van der Waals surface area contributed by atoms with Crippen LogP contribution in [0, 0.1) is 0 Å². The molecule has 0 bridgehead atoms. The van der Waals surface area contributed by atoms with Crippen LogP contribution in [0.2, 0.25) is 0 Å². The van der Waals surface area contributed by atoms with Gasteiger partial charge >= 0.3 is 0 Å². The van der Waals surface area contributed by atoms with Gasteiger partial charge in [0.25, 0.3) is 0 Å². The molecule has 6 heteroatoms. The maximum Gasteiger partial charge on any atom is 0.121 e. The lowest BCUT2D eigenvalue weighted by Crippen LogP contribution is -2.31. The van der Waals surface area contributed by atoms with E-state index in [4.69, 9.17) is 9.97 Å². The molecule has 0 aliphatic heterocycles. The normalized spacial score (nSPS) is 18.8. The first-order valence-electron chi connectivity index (χ1n) is 14.3. The predicted octanol–water partition coefficient (Wildman–Crippen LogP) is 7.27. The monoisotopic (exact) mass is 533 g/mol. The molecule has 5 nitrogen and oxygen atoms in total. The highest BCUT2D eigenvalue weighted by molar-refractivity contribution is 7.10. The number of fused-ring (bicyclic) bond motifs is 3. The molecule has 2 aliphatic carbocycles. The summed E-state index contributed by atoms with van der Waals surface area (Å²) in [7, 11) is 0. The molecular formula is C33H35N5S. The third kappa shape index (κ3) is 5.29. The van der Waals surface area contributed by atoms with E-state index in [1.165, 1.54) is 53.6 Å². The van der Waals surface area contributed by atoms with Gasteiger partial charge in [0.2, 0.25) is 0 Å². The van der Waals surface area contributed by atoms with Gasteiger partial charge in [-0.15, -0.1) is 11.3 Å². The second-order valence-corrected chi connectivity index (χ2v) is 12.0. The molecule has 3 heterocycles. The SMILES string of the molecule is c1cnc2c(c1)CCCC2N(Cc1ccc(CNC2CCCc3sccc32)cc1)Cc1nc2ccccc2[nH]1. The predicted molar refractivity (Wildman–Crippen MR) is 159 cm³/mol. The molecule has 2 unspecified atom stereocenters. The lowest BCUT2D eigenvalue weighted by Gasteiger charge is -2.34. The fraction of sp³-hybridized carbons (Fsp3) is 0.333. The third-order valence-corrected chi connectivity index (χ3v) is 9.41. The molecule has 3 aromatic heterocycles. The number of benzene rings is 2. The van der Waals surface area contributed by atoms with Gasteiger partial charge in [-0.2, -0.15) is 0 Å². The van der Waals surface area contributed by atoms with E-state index in [-0.39, 0.29) is 6.04 Å². The van der Waals surface area contributed by atoms with E-state index in [1.54, 1.807) is 4.88 Å². The number of para-hydroxylation sites is 2. The Labute approximate surface area is 234 Å². The van der Waals surface area contributed by atoms with Crippen molar-refractivity contribution in [1.29, 1.82) is 0 Å². The molecule has 5 aromatic rings. The fourth-order valence-corrected chi connectivity index (χ4v) is 7.41. The quantitative estimate of drug-likeness (QED) is 0.220. The van der Waals surface area contributed by atoms with Gasteiger partial charge in [-0.1, -0.05) is 42.5 Å². The summed E-state index contributed by atoms with van der Waals surface area (Å²) in [5.74, 6) is 1.01. The number of aryl methyl sites for hydroxylation is 2. The van der Waals surface area contributed by atoms with Gasteiger partial charge in [0.15, 0.2) is 0 Å². The second kappa shape index (κ2) is 11.0. The smallest absolute Gasteiger partial charge is 0.121 e. The largest absolute Gasteiger partial charge is 0.341 e. The van der Waals surface area contributed by atoms with Crippen LogP contribution in [0.3, 0.4) is 0 Å². The first kappa shape index (κ1) is 24.7. The van der Waals surface area contributed by atoms with Crippen LogP contribution in [0.1, 0.15) is 76.4 Å². The number of nitrogens with one attached hydrogen (secondary N) is 2. The Bertz CT molecular complexity index is 1520. The Morgan fingerprint density at radius 2 is 1.77 bits per heavy atom. The number of nitrogens with zero attached hydrogens (tertiary/aromatic N) is 3. The van der Waals surface area contributed by atoms with Gasteiger partial charge in [0.05, 0.1) is 29.3 Å². The van der Waals surface area contributed by atoms with E-state index in [1.807, 2.05) is 17.5 Å². The van der Waals surface area contributed by atoms with Crippen LogP contribution in [0.25, 0.3) is 11.0 Å². The van der Waals surface area contributed by atoms with E-state index >= 15 is 0 Å². The van der Waals surface area contributed by atoms with Gasteiger partial charge in [-0.25, -0.2) is 4.98 Å². The average Bonchev–Trinajstić information content (AvgIpc) is 3.63. The van der Waals surface area contributed by atoms with Crippen molar-refractivity contribution in [3.63, 3.8) is 0 Å². The molecule has 0 radical (unpaired) electrons. The number of pyridine rings is 1. The topological polar surface area (TPSA) is 56.8 Å². The summed E-state index contributed by atoms with van der Waals surface area (Å²) < 4.78 is 0. The van der Waals surface area contributed by atoms with Crippen LogP contribution in [0.4, 0.5) is 0 Å². The van der Waals surface area contributed by atoms with Gasteiger partial charge < -0.3 is 10.3 Å². The van der Waals surface area contributed by atoms with Crippen LogP contribution >= 0.6 is 11.3 Å². The molecule has 2 atom stereocenters. The molecule has 0 spiro atoms. The van der Waals surface area contributed by atoms with Crippen molar-refractivity contribution in [1.82, 2.24) is 25.2 Å². The Kier molecular flexibility index (Phi) is 7.00. The maximum atomic E-state index is 4.91. The zero-order valence-electron chi connectivity index (χ0n) is 22.3. The minimum Gasteiger partial charge on any atom is -0.341 e. The lowest BCUT2D eigenvalue weighted by atomic mass is 9.90. The summed E-state index contributed by atoms with van der Waals surface area (Å²) >= 11 is 1.91. The molecule has 198 valence electrons. The van der Waals surface area contributed by atoms with Crippen LogP contribution < -0.4 is 5.32 Å². The minimum absolute atomic E-state index is 0.288. The van der Waals surface area contributed by atoms with Crippen LogP contribution in [-0.2, 0) is 32.5 Å². The molecule has 0 saturated heterocycles. The highest BCUT2D eigenvalue weighted by atomic mass is 32.1. The van der Waals surface area contributed by atoms with Crippen molar-refractivity contribution in [3.05, 3.63) is 117 Å². The van der Waals surface area contributed by atoms with E-state index in [0.29, 0.717) is 6.04 Å². The molecule has 39 heavy (non-hydrogen) atoms. The number of imidazole rings is 1. The van der Waals surface area contributed by atoms with Gasteiger partial charge in [-0.05, 0) is 90.4 Å². The standard InChI is InChI=1S/C33H35N5S/c1-2-9-29-28(8-1)36-32(37-29)22-38(30-11-3-6-25-7-5-18-34-33(25)30)21-24-15-13-23(14-16-24)20-35-27-10-4-12-31-26(27)17-19-39-31/h1-2,5,7-9,13-19,27,30,35H,3-4,6,10-12,20-22H2,(H,36,37). The number of aromatic amines is 1. The molecule has 0 amide bonds. The summed E-state index contributed by atoms with van der Waals surface area (Å²) in [6, 6.07) is 24.9. The fourth-order valence-electron chi connectivity index (χ4n) is 6.43.